The number of hydrazine groups is 2. The van der Waals surface area contributed by atoms with E-state index in [9.17, 15) is 19.2 Å². The fourth-order valence-corrected chi connectivity index (χ4v) is 1.65. The quantitative estimate of drug-likeness (QED) is 0.0615. The van der Waals surface area contributed by atoms with E-state index in [1.807, 2.05) is 11.0 Å². The number of nitrogens with one attached hydrogen (secondary N) is 5. The van der Waals surface area contributed by atoms with E-state index in [0.717, 1.165) is 0 Å². The van der Waals surface area contributed by atoms with E-state index in [1.165, 1.54) is 0 Å². The van der Waals surface area contributed by atoms with Gasteiger partial charge in [-0.1, -0.05) is 0 Å². The number of carbonyl (C=O) groups is 4. The molecule has 15 heteroatoms. The average molecular weight is 437 g/mol. The summed E-state index contributed by atoms with van der Waals surface area (Å²) in [4.78, 5) is 44.6. The number of hydrogen-bond acceptors (Lipinski definition) is 11. The molecule has 0 spiro atoms. The highest BCUT2D eigenvalue weighted by atomic mass is 16.6. The van der Waals surface area contributed by atoms with E-state index >= 15 is 0 Å². The predicted molar refractivity (Wildman–Crippen MR) is 102 cm³/mol. The highest BCUT2D eigenvalue weighted by Gasteiger charge is 2.06. The van der Waals surface area contributed by atoms with Crippen LogP contribution < -0.4 is 38.5 Å². The molecule has 0 saturated heterocycles. The first kappa shape index (κ1) is 27.4. The van der Waals surface area contributed by atoms with Gasteiger partial charge in [-0.25, -0.2) is 10.2 Å². The Balaban J connectivity index is 3.33. The van der Waals surface area contributed by atoms with Gasteiger partial charge in [-0.3, -0.25) is 20.2 Å². The van der Waals surface area contributed by atoms with Gasteiger partial charge in [0.25, 0.3) is 0 Å². The van der Waals surface area contributed by atoms with Gasteiger partial charge >= 0.3 is 6.09 Å². The lowest BCUT2D eigenvalue weighted by Crippen LogP contribution is -2.43. The molecule has 0 aliphatic rings. The number of amides is 4. The lowest BCUT2D eigenvalue weighted by Gasteiger charge is -2.09. The van der Waals surface area contributed by atoms with Crippen LogP contribution in [0.5, 0.6) is 0 Å². The maximum Gasteiger partial charge on any atom is 0.422 e. The fraction of sp³-hybridized carbons (Fsp3) is 0.733. The molecule has 9 N–H and O–H groups in total. The fourth-order valence-electron chi connectivity index (χ4n) is 1.65. The first-order valence-corrected chi connectivity index (χ1v) is 9.11. The third-order valence-corrected chi connectivity index (χ3v) is 3.03. The van der Waals surface area contributed by atoms with Crippen molar-refractivity contribution < 1.29 is 38.1 Å². The lowest BCUT2D eigenvalue weighted by atomic mass is 10.5. The van der Waals surface area contributed by atoms with Crippen molar-refractivity contribution in [2.45, 2.75) is 0 Å². The second kappa shape index (κ2) is 19.7. The summed E-state index contributed by atoms with van der Waals surface area (Å²) in [7, 11) is 0. The normalized spacial score (nSPS) is 10.2. The summed E-state index contributed by atoms with van der Waals surface area (Å²) >= 11 is 0. The van der Waals surface area contributed by atoms with Gasteiger partial charge in [-0.2, -0.15) is 5.53 Å². The third kappa shape index (κ3) is 18.8. The van der Waals surface area contributed by atoms with Crippen LogP contribution in [0.2, 0.25) is 0 Å². The molecule has 0 saturated carbocycles. The summed E-state index contributed by atoms with van der Waals surface area (Å²) in [5, 5.41) is 7.20. The molecule has 0 unspecified atom stereocenters. The number of rotatable bonds is 18. The Kier molecular flexibility index (Phi) is 18.1. The Bertz CT molecular complexity index is 509. The topological polar surface area (TPSA) is 217 Å². The lowest BCUT2D eigenvalue weighted by molar-refractivity contribution is -0.127. The predicted octanol–water partition coefficient (Wildman–Crippen LogP) is -4.55. The van der Waals surface area contributed by atoms with E-state index < -0.39 is 17.9 Å². The summed E-state index contributed by atoms with van der Waals surface area (Å²) in [6.45, 7) is 1.56. The van der Waals surface area contributed by atoms with Gasteiger partial charge in [0.1, 0.15) is 6.61 Å². The van der Waals surface area contributed by atoms with Gasteiger partial charge < -0.3 is 40.6 Å². The molecule has 0 aliphatic heterocycles. The van der Waals surface area contributed by atoms with Crippen LogP contribution in [-0.2, 0) is 33.3 Å². The van der Waals surface area contributed by atoms with Crippen LogP contribution >= 0.6 is 0 Å². The minimum atomic E-state index is -0.705. The molecule has 174 valence electrons. The maximum atomic E-state index is 11.5. The number of carbonyl (C=O) groups excluding carboxylic acids is 4. The van der Waals surface area contributed by atoms with Crippen molar-refractivity contribution in [2.75, 3.05) is 72.4 Å². The molecule has 0 radical (unpaired) electrons. The van der Waals surface area contributed by atoms with Gasteiger partial charge in [0, 0.05) is 6.54 Å². The standard InChI is InChI=1S/C15H31N7O8/c16-9-12(23)19-11-14(25)20-10-13(24)18-1-2-27-3-4-28-5-6-29-7-8-30-15(26)21-22-17/h22H,1-11,16-17H2,(H,18,24)(H,19,23)(H,20,25)(H,21,26). The molecule has 4 amide bonds. The first-order chi connectivity index (χ1) is 14.5. The van der Waals surface area contributed by atoms with E-state index in [1.54, 1.807) is 0 Å². The van der Waals surface area contributed by atoms with Crippen LogP contribution in [0.4, 0.5) is 4.79 Å². The molecule has 0 aromatic carbocycles. The molecule has 0 aromatic heterocycles. The monoisotopic (exact) mass is 437 g/mol. The van der Waals surface area contributed by atoms with Crippen LogP contribution in [-0.4, -0.2) is 96.2 Å². The van der Waals surface area contributed by atoms with Crippen LogP contribution in [0.3, 0.4) is 0 Å². The molecule has 0 aromatic rings. The van der Waals surface area contributed by atoms with Crippen molar-refractivity contribution in [1.82, 2.24) is 26.9 Å². The van der Waals surface area contributed by atoms with E-state index in [2.05, 4.69) is 20.7 Å². The summed E-state index contributed by atoms with van der Waals surface area (Å²) in [6.07, 6.45) is -0.705. The molecule has 0 bridgehead atoms. The largest absolute Gasteiger partial charge is 0.446 e. The van der Waals surface area contributed by atoms with Crippen LogP contribution in [0.1, 0.15) is 0 Å². The molecule has 0 fully saturated rings. The SMILES string of the molecule is NCC(=O)NCC(=O)NCC(=O)NCCOCCOCCOCCOC(=O)NNN. The van der Waals surface area contributed by atoms with E-state index in [0.29, 0.717) is 26.4 Å². The van der Waals surface area contributed by atoms with Gasteiger partial charge in [-0.05, 0) is 0 Å². The van der Waals surface area contributed by atoms with Crippen molar-refractivity contribution in [1.29, 1.82) is 0 Å². The van der Waals surface area contributed by atoms with Gasteiger partial charge in [0.15, 0.2) is 0 Å². The summed E-state index contributed by atoms with van der Waals surface area (Å²) < 4.78 is 20.4. The first-order valence-electron chi connectivity index (χ1n) is 9.11. The Morgan fingerprint density at radius 2 is 1.17 bits per heavy atom. The smallest absolute Gasteiger partial charge is 0.422 e. The van der Waals surface area contributed by atoms with Crippen molar-refractivity contribution in [2.24, 2.45) is 11.6 Å². The highest BCUT2D eigenvalue weighted by Crippen LogP contribution is 1.83. The molecule has 15 nitrogen and oxygen atoms in total. The average Bonchev–Trinajstić information content (AvgIpc) is 2.73. The molecule has 0 atom stereocenters. The highest BCUT2D eigenvalue weighted by molar-refractivity contribution is 5.88. The van der Waals surface area contributed by atoms with Crippen LogP contribution in [0, 0.1) is 0 Å². The number of nitrogens with two attached hydrogens (primary N) is 2. The van der Waals surface area contributed by atoms with Gasteiger partial charge in [-0.15, -0.1) is 0 Å². The molecule has 0 aliphatic carbocycles. The molecule has 0 heterocycles. The Morgan fingerprint density at radius 1 is 0.667 bits per heavy atom. The Labute approximate surface area is 173 Å². The van der Waals surface area contributed by atoms with Gasteiger partial charge in [0.05, 0.1) is 59.3 Å². The third-order valence-electron chi connectivity index (χ3n) is 3.03. The summed E-state index contributed by atoms with van der Waals surface area (Å²) in [5.74, 6) is 3.52. The van der Waals surface area contributed by atoms with Gasteiger partial charge in [0.2, 0.25) is 17.7 Å². The zero-order valence-electron chi connectivity index (χ0n) is 16.7. The molecule has 30 heavy (non-hydrogen) atoms. The molecule has 0 rings (SSSR count). The summed E-state index contributed by atoms with van der Waals surface area (Å²) in [5.41, 5.74) is 9.05. The Hall–Kier alpha value is -2.56. The minimum absolute atomic E-state index is 0.0802. The zero-order valence-corrected chi connectivity index (χ0v) is 16.7. The second-order valence-corrected chi connectivity index (χ2v) is 5.35. The van der Waals surface area contributed by atoms with E-state index in [-0.39, 0.29) is 51.9 Å². The number of ether oxygens (including phenoxy) is 4. The van der Waals surface area contributed by atoms with Crippen molar-refractivity contribution in [3.05, 3.63) is 0 Å². The zero-order chi connectivity index (χ0) is 22.5. The molecular formula is C15H31N7O8. The van der Waals surface area contributed by atoms with Crippen molar-refractivity contribution in [3.63, 3.8) is 0 Å². The van der Waals surface area contributed by atoms with Crippen LogP contribution in [0.15, 0.2) is 0 Å². The van der Waals surface area contributed by atoms with Crippen molar-refractivity contribution in [3.8, 4) is 0 Å². The molecular weight excluding hydrogens is 406 g/mol. The maximum absolute atomic E-state index is 11.5. The minimum Gasteiger partial charge on any atom is -0.446 e. The Morgan fingerprint density at radius 3 is 1.73 bits per heavy atom. The number of hydrogen-bond donors (Lipinski definition) is 7. The van der Waals surface area contributed by atoms with Crippen molar-refractivity contribution >= 4 is 23.8 Å². The summed E-state index contributed by atoms with van der Waals surface area (Å²) in [6, 6.07) is 0. The van der Waals surface area contributed by atoms with E-state index in [4.69, 9.17) is 25.8 Å². The van der Waals surface area contributed by atoms with Crippen LogP contribution in [0.25, 0.3) is 0 Å². The second-order valence-electron chi connectivity index (χ2n) is 5.35.